The standard InChI is InChI=1S/2C5H8O2.Ni.2H2O/c2*1-4(6)3-5(2)7;;;/h2*3,6H,1-2H3;;2*1H2/b2*4-3-;;;. The Morgan fingerprint density at radius 1 is 0.765 bits per heavy atom. The van der Waals surface area contributed by atoms with Crippen LogP contribution in [0.3, 0.4) is 0 Å². The normalized spacial score (nSPS) is 9.41. The summed E-state index contributed by atoms with van der Waals surface area (Å²) in [6.07, 6.45) is 2.33. The minimum absolute atomic E-state index is 0. The van der Waals surface area contributed by atoms with Crippen LogP contribution in [0.25, 0.3) is 0 Å². The molecule has 7 heteroatoms. The maximum atomic E-state index is 10.0. The summed E-state index contributed by atoms with van der Waals surface area (Å²) in [5.74, 6) is -0.125. The molecule has 0 unspecified atom stereocenters. The second kappa shape index (κ2) is 17.2. The first-order valence-corrected chi connectivity index (χ1v) is 4.01. The van der Waals surface area contributed by atoms with E-state index in [1.807, 2.05) is 0 Å². The zero-order valence-electron chi connectivity index (χ0n) is 10.2. The van der Waals surface area contributed by atoms with Gasteiger partial charge in [-0.3, -0.25) is 9.59 Å². The van der Waals surface area contributed by atoms with Crippen LogP contribution in [0, 0.1) is 0 Å². The van der Waals surface area contributed by atoms with E-state index in [-0.39, 0.29) is 50.5 Å². The molecule has 0 aliphatic rings. The predicted octanol–water partition coefficient (Wildman–Crippen LogP) is 0.422. The van der Waals surface area contributed by atoms with E-state index in [0.717, 1.165) is 0 Å². The van der Waals surface area contributed by atoms with Crippen molar-refractivity contribution < 1.29 is 47.2 Å². The van der Waals surface area contributed by atoms with Gasteiger partial charge in [0, 0.05) is 28.6 Å². The van der Waals surface area contributed by atoms with Gasteiger partial charge in [-0.25, -0.2) is 0 Å². The van der Waals surface area contributed by atoms with Crippen LogP contribution in [0.2, 0.25) is 0 Å². The molecule has 0 aromatic carbocycles. The molecular weight excluding hydrogens is 275 g/mol. The molecule has 0 saturated carbocycles. The number of aliphatic hydroxyl groups excluding tert-OH is 2. The van der Waals surface area contributed by atoms with Crippen LogP contribution in [0.4, 0.5) is 0 Å². The topological polar surface area (TPSA) is 138 Å². The molecule has 0 atom stereocenters. The Morgan fingerprint density at radius 3 is 0.941 bits per heavy atom. The number of allylic oxidation sites excluding steroid dienone is 4. The van der Waals surface area contributed by atoms with Gasteiger partial charge in [-0.2, -0.15) is 0 Å². The van der Waals surface area contributed by atoms with Crippen LogP contribution in [0.5, 0.6) is 0 Å². The van der Waals surface area contributed by atoms with Crippen LogP contribution in [0.1, 0.15) is 27.7 Å². The molecular formula is C10H20NiO6. The summed E-state index contributed by atoms with van der Waals surface area (Å²) in [5.41, 5.74) is 0. The molecule has 0 radical (unpaired) electrons. The van der Waals surface area contributed by atoms with Crippen LogP contribution in [-0.2, 0) is 26.1 Å². The molecule has 0 bridgehead atoms. The predicted molar refractivity (Wildman–Crippen MR) is 61.4 cm³/mol. The van der Waals surface area contributed by atoms with Crippen LogP contribution < -0.4 is 0 Å². The van der Waals surface area contributed by atoms with E-state index in [2.05, 4.69) is 0 Å². The van der Waals surface area contributed by atoms with E-state index in [4.69, 9.17) is 10.2 Å². The van der Waals surface area contributed by atoms with E-state index in [9.17, 15) is 9.59 Å². The number of rotatable bonds is 2. The zero-order chi connectivity index (χ0) is 11.7. The van der Waals surface area contributed by atoms with Crippen LogP contribution in [-0.4, -0.2) is 32.7 Å². The number of hydrogen-bond acceptors (Lipinski definition) is 4. The van der Waals surface area contributed by atoms with Crippen molar-refractivity contribution in [1.82, 2.24) is 0 Å². The number of ketones is 2. The molecule has 0 saturated heterocycles. The molecule has 6 nitrogen and oxygen atoms in total. The summed E-state index contributed by atoms with van der Waals surface area (Å²) in [7, 11) is 0. The van der Waals surface area contributed by atoms with E-state index < -0.39 is 0 Å². The minimum Gasteiger partial charge on any atom is -0.512 e. The number of carbonyl (C=O) groups excluding carboxylic acids is 2. The third-order valence-corrected chi connectivity index (χ3v) is 0.824. The molecule has 0 aliphatic heterocycles. The van der Waals surface area contributed by atoms with Crippen LogP contribution >= 0.6 is 0 Å². The molecule has 0 aromatic rings. The molecule has 106 valence electrons. The first kappa shape index (κ1) is 29.7. The monoisotopic (exact) mass is 294 g/mol. The maximum absolute atomic E-state index is 10.0. The molecule has 0 amide bonds. The van der Waals surface area contributed by atoms with Gasteiger partial charge in [0.25, 0.3) is 0 Å². The van der Waals surface area contributed by atoms with Crippen molar-refractivity contribution >= 4 is 11.6 Å². The van der Waals surface area contributed by atoms with Gasteiger partial charge in [0.15, 0.2) is 11.6 Å². The zero-order valence-corrected chi connectivity index (χ0v) is 11.2. The van der Waals surface area contributed by atoms with Gasteiger partial charge in [-0.1, -0.05) is 0 Å². The summed E-state index contributed by atoms with van der Waals surface area (Å²) in [4.78, 5) is 20.0. The fraction of sp³-hybridized carbons (Fsp3) is 0.400. The van der Waals surface area contributed by atoms with Crippen molar-refractivity contribution in [3.8, 4) is 0 Å². The van der Waals surface area contributed by atoms with E-state index in [1.165, 1.54) is 39.8 Å². The first-order chi connectivity index (χ1) is 6.25. The Hall–Kier alpha value is -1.17. The van der Waals surface area contributed by atoms with E-state index in [1.54, 1.807) is 0 Å². The maximum Gasteiger partial charge on any atom is 0.155 e. The SMILES string of the molecule is CC(=O)/C=C(/C)O.CC(=O)/C=C(/C)O.O.O.[Ni]. The number of aliphatic hydroxyl groups is 2. The molecule has 0 aromatic heterocycles. The summed E-state index contributed by atoms with van der Waals surface area (Å²) in [6, 6.07) is 0. The summed E-state index contributed by atoms with van der Waals surface area (Å²) in [6.45, 7) is 5.70. The molecule has 0 heterocycles. The minimum atomic E-state index is -0.125. The second-order valence-corrected chi connectivity index (χ2v) is 2.79. The van der Waals surface area contributed by atoms with Crippen molar-refractivity contribution in [2.75, 3.05) is 0 Å². The van der Waals surface area contributed by atoms with Crippen LogP contribution in [0.15, 0.2) is 23.7 Å². The van der Waals surface area contributed by atoms with Gasteiger partial charge in [0.1, 0.15) is 0 Å². The number of hydrogen-bond donors (Lipinski definition) is 2. The number of carbonyl (C=O) groups is 2. The Balaban J connectivity index is -0.0000000480. The largest absolute Gasteiger partial charge is 0.512 e. The molecule has 0 rings (SSSR count). The van der Waals surface area contributed by atoms with Crippen molar-refractivity contribution in [3.05, 3.63) is 23.7 Å². The van der Waals surface area contributed by atoms with E-state index >= 15 is 0 Å². The third kappa shape index (κ3) is 52.3. The van der Waals surface area contributed by atoms with Gasteiger partial charge in [-0.15, -0.1) is 0 Å². The Labute approximate surface area is 111 Å². The average molecular weight is 295 g/mol. The average Bonchev–Trinajstić information content (AvgIpc) is 1.79. The Kier molecular flexibility index (Phi) is 30.1. The third-order valence-electron chi connectivity index (χ3n) is 0.824. The first-order valence-electron chi connectivity index (χ1n) is 4.01. The molecule has 0 fully saturated rings. The molecule has 0 aliphatic carbocycles. The van der Waals surface area contributed by atoms with Crippen molar-refractivity contribution in [2.24, 2.45) is 0 Å². The van der Waals surface area contributed by atoms with Gasteiger partial charge >= 0.3 is 0 Å². The van der Waals surface area contributed by atoms with Gasteiger partial charge in [0.2, 0.25) is 0 Å². The van der Waals surface area contributed by atoms with Crippen molar-refractivity contribution in [1.29, 1.82) is 0 Å². The van der Waals surface area contributed by atoms with Gasteiger partial charge < -0.3 is 21.2 Å². The fourth-order valence-corrected chi connectivity index (χ4v) is 0.588. The van der Waals surface area contributed by atoms with E-state index in [0.29, 0.717) is 0 Å². The van der Waals surface area contributed by atoms with Crippen molar-refractivity contribution in [3.63, 3.8) is 0 Å². The molecule has 17 heavy (non-hydrogen) atoms. The Morgan fingerprint density at radius 2 is 0.941 bits per heavy atom. The van der Waals surface area contributed by atoms with Gasteiger partial charge in [-0.05, 0) is 27.7 Å². The Bertz CT molecular complexity index is 234. The molecule has 0 spiro atoms. The quantitative estimate of drug-likeness (QED) is 0.433. The summed E-state index contributed by atoms with van der Waals surface area (Å²) < 4.78 is 0. The smallest absolute Gasteiger partial charge is 0.155 e. The summed E-state index contributed by atoms with van der Waals surface area (Å²) >= 11 is 0. The fourth-order valence-electron chi connectivity index (χ4n) is 0.588. The van der Waals surface area contributed by atoms with Crippen molar-refractivity contribution in [2.45, 2.75) is 27.7 Å². The summed E-state index contributed by atoms with van der Waals surface area (Å²) in [5, 5.41) is 16.7. The second-order valence-electron chi connectivity index (χ2n) is 2.79. The van der Waals surface area contributed by atoms with Gasteiger partial charge in [0.05, 0.1) is 11.5 Å². The molecule has 6 N–H and O–H groups in total.